The molecule has 2 heterocycles. The van der Waals surface area contributed by atoms with E-state index in [1.165, 1.54) is 21.9 Å². The maximum atomic E-state index is 13.7. The first kappa shape index (κ1) is 21.8. The van der Waals surface area contributed by atoms with Gasteiger partial charge in [0.25, 0.3) is 17.7 Å². The lowest BCUT2D eigenvalue weighted by atomic mass is 9.94. The molecule has 0 bridgehead atoms. The number of anilines is 1. The van der Waals surface area contributed by atoms with E-state index >= 15 is 0 Å². The number of imide groups is 1. The molecule has 2 aliphatic rings. The van der Waals surface area contributed by atoms with Gasteiger partial charge in [0, 0.05) is 17.8 Å². The van der Waals surface area contributed by atoms with Crippen molar-refractivity contribution in [3.63, 3.8) is 0 Å². The van der Waals surface area contributed by atoms with Gasteiger partial charge in [0.15, 0.2) is 0 Å². The van der Waals surface area contributed by atoms with Gasteiger partial charge in [0.05, 0.1) is 29.1 Å². The lowest BCUT2D eigenvalue weighted by molar-refractivity contribution is 0.0548. The van der Waals surface area contributed by atoms with Crippen LogP contribution in [0.25, 0.3) is 0 Å². The quantitative estimate of drug-likeness (QED) is 0.570. The van der Waals surface area contributed by atoms with Crippen molar-refractivity contribution in [1.29, 1.82) is 0 Å². The average Bonchev–Trinajstić information content (AvgIpc) is 3.13. The monoisotopic (exact) mass is 455 g/mol. The van der Waals surface area contributed by atoms with Gasteiger partial charge in [-0.1, -0.05) is 37.5 Å². The van der Waals surface area contributed by atoms with Crippen molar-refractivity contribution >= 4 is 23.4 Å². The highest BCUT2D eigenvalue weighted by molar-refractivity contribution is 6.22. The predicted octanol–water partition coefficient (Wildman–Crippen LogP) is 4.56. The van der Waals surface area contributed by atoms with Crippen LogP contribution < -0.4 is 4.90 Å². The normalized spacial score (nSPS) is 15.9. The van der Waals surface area contributed by atoms with Gasteiger partial charge in [-0.05, 0) is 55.3 Å². The summed E-state index contributed by atoms with van der Waals surface area (Å²) in [6.07, 6.45) is 6.42. The van der Waals surface area contributed by atoms with Crippen molar-refractivity contribution in [3.05, 3.63) is 89.2 Å². The second kappa shape index (κ2) is 9.09. The number of fused-ring (bicyclic) bond motifs is 1. The van der Waals surface area contributed by atoms with Crippen molar-refractivity contribution in [1.82, 2.24) is 9.88 Å². The fraction of sp³-hybridized carbons (Fsp3) is 0.259. The minimum atomic E-state index is -0.397. The molecule has 1 aliphatic heterocycles. The molecule has 1 aromatic heterocycles. The Morgan fingerprint density at radius 3 is 2.41 bits per heavy atom. The first-order chi connectivity index (χ1) is 16.5. The van der Waals surface area contributed by atoms with Gasteiger partial charge in [-0.2, -0.15) is 0 Å². The van der Waals surface area contributed by atoms with E-state index in [0.717, 1.165) is 32.1 Å². The van der Waals surface area contributed by atoms with E-state index in [1.807, 2.05) is 6.07 Å². The summed E-state index contributed by atoms with van der Waals surface area (Å²) in [4.78, 5) is 47.0. The van der Waals surface area contributed by atoms with E-state index in [9.17, 15) is 19.5 Å². The van der Waals surface area contributed by atoms with Gasteiger partial charge in [0.1, 0.15) is 5.75 Å². The minimum Gasteiger partial charge on any atom is -0.506 e. The Hall–Kier alpha value is -4.00. The topological polar surface area (TPSA) is 90.8 Å². The Labute approximate surface area is 197 Å². The van der Waals surface area contributed by atoms with Crippen LogP contribution in [0.15, 0.2) is 66.9 Å². The number of nitrogens with zero attached hydrogens (tertiary/aromatic N) is 3. The number of hydrogen-bond acceptors (Lipinski definition) is 5. The molecule has 1 fully saturated rings. The summed E-state index contributed by atoms with van der Waals surface area (Å²) in [5.41, 5.74) is 1.85. The van der Waals surface area contributed by atoms with Crippen LogP contribution in [0.5, 0.6) is 5.75 Å². The van der Waals surface area contributed by atoms with E-state index in [-0.39, 0.29) is 41.3 Å². The smallest absolute Gasteiger partial charge is 0.261 e. The first-order valence-corrected chi connectivity index (χ1v) is 11.6. The molecule has 5 rings (SSSR count). The van der Waals surface area contributed by atoms with E-state index in [4.69, 9.17) is 0 Å². The standard InChI is InChI=1S/C27H25N3O4/c31-24-12-5-4-11-23(24)29(17-19-8-6-7-15-28-19)25(32)18-13-14-21-22(16-18)27(34)30(26(21)33)20-9-2-1-3-10-20/h4-8,11-16,20,31H,1-3,9-10,17H2. The third-order valence-electron chi connectivity index (χ3n) is 6.57. The van der Waals surface area contributed by atoms with Gasteiger partial charge in [-0.3, -0.25) is 29.2 Å². The molecule has 0 saturated heterocycles. The Morgan fingerprint density at radius 2 is 1.68 bits per heavy atom. The second-order valence-corrected chi connectivity index (χ2v) is 8.73. The molecule has 172 valence electrons. The van der Waals surface area contributed by atoms with Gasteiger partial charge >= 0.3 is 0 Å². The maximum absolute atomic E-state index is 13.7. The van der Waals surface area contributed by atoms with Crippen molar-refractivity contribution in [3.8, 4) is 5.75 Å². The number of para-hydroxylation sites is 2. The SMILES string of the molecule is O=C(c1ccc2c(c1)C(=O)N(C1CCCCC1)C2=O)N(Cc1ccccn1)c1ccccc1O. The Kier molecular flexibility index (Phi) is 5.84. The fourth-order valence-electron chi connectivity index (χ4n) is 4.83. The summed E-state index contributed by atoms with van der Waals surface area (Å²) in [5, 5.41) is 10.4. The van der Waals surface area contributed by atoms with Crippen LogP contribution in [0.2, 0.25) is 0 Å². The molecular formula is C27H25N3O4. The highest BCUT2D eigenvalue weighted by Crippen LogP contribution is 2.33. The van der Waals surface area contributed by atoms with Gasteiger partial charge < -0.3 is 5.11 Å². The molecule has 0 unspecified atom stereocenters. The number of aromatic hydroxyl groups is 1. The van der Waals surface area contributed by atoms with E-state index in [0.29, 0.717) is 16.9 Å². The van der Waals surface area contributed by atoms with Crippen LogP contribution in [-0.4, -0.2) is 38.8 Å². The number of pyridine rings is 1. The van der Waals surface area contributed by atoms with Crippen LogP contribution in [0.4, 0.5) is 5.69 Å². The molecule has 0 atom stereocenters. The number of carbonyl (C=O) groups excluding carboxylic acids is 3. The number of hydrogen-bond donors (Lipinski definition) is 1. The largest absolute Gasteiger partial charge is 0.506 e. The first-order valence-electron chi connectivity index (χ1n) is 11.6. The molecule has 1 saturated carbocycles. The van der Waals surface area contributed by atoms with Crippen LogP contribution in [0.3, 0.4) is 0 Å². The third kappa shape index (κ3) is 3.94. The Balaban J connectivity index is 1.49. The molecule has 0 spiro atoms. The fourth-order valence-corrected chi connectivity index (χ4v) is 4.83. The zero-order chi connectivity index (χ0) is 23.7. The molecule has 7 heteroatoms. The third-order valence-corrected chi connectivity index (χ3v) is 6.57. The summed E-state index contributed by atoms with van der Waals surface area (Å²) in [6.45, 7) is 0.134. The van der Waals surface area contributed by atoms with Crippen LogP contribution in [0, 0.1) is 0 Å². The molecule has 0 radical (unpaired) electrons. The number of aromatic nitrogens is 1. The van der Waals surface area contributed by atoms with Crippen molar-refractivity contribution < 1.29 is 19.5 Å². The van der Waals surface area contributed by atoms with Crippen LogP contribution in [0.1, 0.15) is 68.9 Å². The number of carbonyl (C=O) groups is 3. The Bertz CT molecular complexity index is 1250. The summed E-state index contributed by atoms with van der Waals surface area (Å²) in [5.74, 6) is -1.05. The van der Waals surface area contributed by atoms with Crippen LogP contribution >= 0.6 is 0 Å². The highest BCUT2D eigenvalue weighted by Gasteiger charge is 2.40. The molecule has 3 aromatic rings. The summed E-state index contributed by atoms with van der Waals surface area (Å²) in [7, 11) is 0. The predicted molar refractivity (Wildman–Crippen MR) is 127 cm³/mol. The Morgan fingerprint density at radius 1 is 0.941 bits per heavy atom. The molecule has 1 N–H and O–H groups in total. The number of rotatable bonds is 5. The van der Waals surface area contributed by atoms with Gasteiger partial charge in [0.2, 0.25) is 0 Å². The lowest BCUT2D eigenvalue weighted by Crippen LogP contribution is -2.40. The molecule has 7 nitrogen and oxygen atoms in total. The van der Waals surface area contributed by atoms with Crippen molar-refractivity contribution in [2.24, 2.45) is 0 Å². The lowest BCUT2D eigenvalue weighted by Gasteiger charge is -2.29. The highest BCUT2D eigenvalue weighted by atomic mass is 16.3. The molecule has 2 aromatic carbocycles. The average molecular weight is 456 g/mol. The van der Waals surface area contributed by atoms with Crippen molar-refractivity contribution in [2.75, 3.05) is 4.90 Å². The molecule has 1 aliphatic carbocycles. The molecule has 3 amide bonds. The summed E-state index contributed by atoms with van der Waals surface area (Å²) in [6, 6.07) is 16.6. The second-order valence-electron chi connectivity index (χ2n) is 8.73. The van der Waals surface area contributed by atoms with Gasteiger partial charge in [-0.15, -0.1) is 0 Å². The number of phenols is 1. The van der Waals surface area contributed by atoms with E-state index in [1.54, 1.807) is 48.7 Å². The van der Waals surface area contributed by atoms with Crippen LogP contribution in [-0.2, 0) is 6.54 Å². The molecular weight excluding hydrogens is 430 g/mol. The van der Waals surface area contributed by atoms with Gasteiger partial charge in [-0.25, -0.2) is 0 Å². The number of amides is 3. The van der Waals surface area contributed by atoms with Crippen molar-refractivity contribution in [2.45, 2.75) is 44.7 Å². The maximum Gasteiger partial charge on any atom is 0.261 e. The summed E-state index contributed by atoms with van der Waals surface area (Å²) >= 11 is 0. The summed E-state index contributed by atoms with van der Waals surface area (Å²) < 4.78 is 0. The molecule has 34 heavy (non-hydrogen) atoms. The van der Waals surface area contributed by atoms with E-state index < -0.39 is 5.91 Å². The number of phenolic OH excluding ortho intramolecular Hbond substituents is 1. The zero-order valence-electron chi connectivity index (χ0n) is 18.7. The number of benzene rings is 2. The minimum absolute atomic E-state index is 0.0392. The zero-order valence-corrected chi connectivity index (χ0v) is 18.7. The van der Waals surface area contributed by atoms with E-state index in [2.05, 4.69) is 4.98 Å².